The van der Waals surface area contributed by atoms with Crippen molar-refractivity contribution in [1.82, 2.24) is 4.98 Å². The van der Waals surface area contributed by atoms with Gasteiger partial charge in [0.15, 0.2) is 17.2 Å². The van der Waals surface area contributed by atoms with Gasteiger partial charge in [-0.15, -0.1) is 0 Å². The van der Waals surface area contributed by atoms with Crippen LogP contribution in [-0.4, -0.2) is 10.9 Å². The number of anilines is 1. The summed E-state index contributed by atoms with van der Waals surface area (Å²) >= 11 is 5.95. The average Bonchev–Trinajstić information content (AvgIpc) is 2.99. The SMILES string of the molecule is CCCCC(=O)Nc1ccc2oc(-c3cc(F)c(F)cc3Cl)nc2c1. The largest absolute Gasteiger partial charge is 0.436 e. The van der Waals surface area contributed by atoms with E-state index < -0.39 is 11.6 Å². The summed E-state index contributed by atoms with van der Waals surface area (Å²) < 4.78 is 32.2. The maximum Gasteiger partial charge on any atom is 0.228 e. The number of aromatic nitrogens is 1. The number of carbonyl (C=O) groups is 1. The van der Waals surface area contributed by atoms with Gasteiger partial charge in [0.2, 0.25) is 11.8 Å². The molecule has 0 aliphatic heterocycles. The molecule has 7 heteroatoms. The smallest absolute Gasteiger partial charge is 0.228 e. The Hall–Kier alpha value is -2.47. The monoisotopic (exact) mass is 364 g/mol. The van der Waals surface area contributed by atoms with Crippen LogP contribution < -0.4 is 5.32 Å². The Labute approximate surface area is 147 Å². The summed E-state index contributed by atoms with van der Waals surface area (Å²) in [5.74, 6) is -2.07. The van der Waals surface area contributed by atoms with Crippen molar-refractivity contribution in [2.45, 2.75) is 26.2 Å². The topological polar surface area (TPSA) is 55.1 Å². The van der Waals surface area contributed by atoms with Gasteiger partial charge in [-0.05, 0) is 36.8 Å². The molecular weight excluding hydrogens is 350 g/mol. The summed E-state index contributed by atoms with van der Waals surface area (Å²) in [6.07, 6.45) is 2.20. The molecule has 3 rings (SSSR count). The van der Waals surface area contributed by atoms with Crippen molar-refractivity contribution >= 4 is 34.3 Å². The van der Waals surface area contributed by atoms with Crippen molar-refractivity contribution in [2.75, 3.05) is 5.32 Å². The molecule has 0 radical (unpaired) electrons. The lowest BCUT2D eigenvalue weighted by molar-refractivity contribution is -0.116. The van der Waals surface area contributed by atoms with Gasteiger partial charge in [0, 0.05) is 12.1 Å². The van der Waals surface area contributed by atoms with Gasteiger partial charge in [0.05, 0.1) is 10.6 Å². The van der Waals surface area contributed by atoms with Crippen LogP contribution in [0.2, 0.25) is 5.02 Å². The van der Waals surface area contributed by atoms with Crippen LogP contribution >= 0.6 is 11.6 Å². The van der Waals surface area contributed by atoms with Crippen molar-refractivity contribution in [2.24, 2.45) is 0 Å². The van der Waals surface area contributed by atoms with Crippen LogP contribution in [0, 0.1) is 11.6 Å². The number of rotatable bonds is 5. The van der Waals surface area contributed by atoms with E-state index in [1.165, 1.54) is 0 Å². The highest BCUT2D eigenvalue weighted by atomic mass is 35.5. The number of amides is 1. The number of benzene rings is 2. The molecule has 1 heterocycles. The third kappa shape index (κ3) is 3.79. The normalized spacial score (nSPS) is 11.0. The number of nitrogens with zero attached hydrogens (tertiary/aromatic N) is 1. The Bertz CT molecular complexity index is 940. The Balaban J connectivity index is 1.90. The minimum absolute atomic E-state index is 0.00134. The second-order valence-electron chi connectivity index (χ2n) is 5.60. The average molecular weight is 365 g/mol. The molecule has 0 aliphatic carbocycles. The number of unbranched alkanes of at least 4 members (excludes halogenated alkanes) is 1. The van der Waals surface area contributed by atoms with E-state index in [0.717, 1.165) is 25.0 Å². The van der Waals surface area contributed by atoms with Crippen LogP contribution in [0.25, 0.3) is 22.6 Å². The molecule has 1 N–H and O–H groups in total. The van der Waals surface area contributed by atoms with E-state index in [-0.39, 0.29) is 22.4 Å². The summed E-state index contributed by atoms with van der Waals surface area (Å²) in [6, 6.07) is 6.80. The van der Waals surface area contributed by atoms with Gasteiger partial charge < -0.3 is 9.73 Å². The molecule has 0 fully saturated rings. The van der Waals surface area contributed by atoms with Crippen molar-refractivity contribution in [3.05, 3.63) is 47.0 Å². The van der Waals surface area contributed by atoms with Gasteiger partial charge in [-0.2, -0.15) is 0 Å². The van der Waals surface area contributed by atoms with Gasteiger partial charge in [0.1, 0.15) is 5.52 Å². The maximum atomic E-state index is 13.5. The fraction of sp³-hybridized carbons (Fsp3) is 0.222. The van der Waals surface area contributed by atoms with Crippen molar-refractivity contribution in [1.29, 1.82) is 0 Å². The highest BCUT2D eigenvalue weighted by molar-refractivity contribution is 6.33. The Morgan fingerprint density at radius 2 is 2.00 bits per heavy atom. The molecule has 0 saturated heterocycles. The zero-order chi connectivity index (χ0) is 18.0. The van der Waals surface area contributed by atoms with Crippen molar-refractivity contribution in [3.63, 3.8) is 0 Å². The molecule has 130 valence electrons. The number of oxazole rings is 1. The quantitative estimate of drug-likeness (QED) is 0.603. The number of hydrogen-bond donors (Lipinski definition) is 1. The van der Waals surface area contributed by atoms with Gasteiger partial charge in [-0.25, -0.2) is 13.8 Å². The zero-order valence-corrected chi connectivity index (χ0v) is 14.2. The van der Waals surface area contributed by atoms with Crippen LogP contribution in [0.5, 0.6) is 0 Å². The Kier molecular flexibility index (Phi) is 4.99. The second kappa shape index (κ2) is 7.19. The lowest BCUT2D eigenvalue weighted by Crippen LogP contribution is -2.10. The summed E-state index contributed by atoms with van der Waals surface area (Å²) in [5, 5.41) is 2.79. The predicted molar refractivity (Wildman–Crippen MR) is 92.5 cm³/mol. The first-order valence-corrected chi connectivity index (χ1v) is 8.21. The summed E-state index contributed by atoms with van der Waals surface area (Å²) in [6.45, 7) is 2.01. The molecule has 0 aliphatic rings. The molecule has 1 aromatic heterocycles. The summed E-state index contributed by atoms with van der Waals surface area (Å²) in [7, 11) is 0. The minimum Gasteiger partial charge on any atom is -0.436 e. The van der Waals surface area contributed by atoms with Gasteiger partial charge >= 0.3 is 0 Å². The number of fused-ring (bicyclic) bond motifs is 1. The Morgan fingerprint density at radius 3 is 2.76 bits per heavy atom. The molecule has 0 saturated carbocycles. The third-order valence-corrected chi connectivity index (χ3v) is 3.98. The molecule has 0 bridgehead atoms. The highest BCUT2D eigenvalue weighted by Gasteiger charge is 2.16. The molecule has 3 aromatic rings. The standard InChI is InChI=1S/C18H15ClF2N2O2/c1-2-3-4-17(24)22-10-5-6-16-15(7-10)23-18(25-16)11-8-13(20)14(21)9-12(11)19/h5-9H,2-4H2,1H3,(H,22,24). The number of halogens is 3. The number of hydrogen-bond acceptors (Lipinski definition) is 3. The van der Waals surface area contributed by atoms with Crippen molar-refractivity contribution in [3.8, 4) is 11.5 Å². The predicted octanol–water partition coefficient (Wildman–Crippen LogP) is 5.56. The van der Waals surface area contributed by atoms with Gasteiger partial charge in [-0.3, -0.25) is 4.79 Å². The van der Waals surface area contributed by atoms with Crippen LogP contribution in [-0.2, 0) is 4.79 Å². The highest BCUT2D eigenvalue weighted by Crippen LogP contribution is 2.32. The van der Waals surface area contributed by atoms with Crippen LogP contribution in [0.3, 0.4) is 0 Å². The first-order chi connectivity index (χ1) is 12.0. The summed E-state index contributed by atoms with van der Waals surface area (Å²) in [4.78, 5) is 16.1. The number of nitrogens with one attached hydrogen (secondary N) is 1. The fourth-order valence-electron chi connectivity index (χ4n) is 2.37. The molecule has 1 amide bonds. The van der Waals surface area contributed by atoms with E-state index in [4.69, 9.17) is 16.0 Å². The van der Waals surface area contributed by atoms with Crippen molar-refractivity contribution < 1.29 is 18.0 Å². The van der Waals surface area contributed by atoms with Gasteiger partial charge in [-0.1, -0.05) is 24.9 Å². The lowest BCUT2D eigenvalue weighted by Gasteiger charge is -2.03. The zero-order valence-electron chi connectivity index (χ0n) is 13.4. The van der Waals surface area contributed by atoms with E-state index in [1.807, 2.05) is 6.92 Å². The second-order valence-corrected chi connectivity index (χ2v) is 6.01. The van der Waals surface area contributed by atoms with Crippen LogP contribution in [0.4, 0.5) is 14.5 Å². The summed E-state index contributed by atoms with van der Waals surface area (Å²) in [5.41, 5.74) is 1.67. The molecule has 4 nitrogen and oxygen atoms in total. The fourth-order valence-corrected chi connectivity index (χ4v) is 2.60. The lowest BCUT2D eigenvalue weighted by atomic mass is 10.2. The first kappa shape index (κ1) is 17.4. The maximum absolute atomic E-state index is 13.5. The molecule has 25 heavy (non-hydrogen) atoms. The molecule has 0 atom stereocenters. The van der Waals surface area contributed by atoms with Gasteiger partial charge in [0.25, 0.3) is 0 Å². The van der Waals surface area contributed by atoms with E-state index in [1.54, 1.807) is 18.2 Å². The van der Waals surface area contributed by atoms with E-state index in [0.29, 0.717) is 23.2 Å². The first-order valence-electron chi connectivity index (χ1n) is 7.83. The molecule has 0 unspecified atom stereocenters. The van der Waals surface area contributed by atoms with Crippen LogP contribution in [0.1, 0.15) is 26.2 Å². The molecule has 0 spiro atoms. The number of carbonyl (C=O) groups excluding carboxylic acids is 1. The molecular formula is C18H15ClF2N2O2. The van der Waals surface area contributed by atoms with Crippen LogP contribution in [0.15, 0.2) is 34.7 Å². The Morgan fingerprint density at radius 1 is 1.24 bits per heavy atom. The molecule has 2 aromatic carbocycles. The van der Waals surface area contributed by atoms with E-state index >= 15 is 0 Å². The third-order valence-electron chi connectivity index (χ3n) is 3.67. The minimum atomic E-state index is -1.04. The van der Waals surface area contributed by atoms with E-state index in [2.05, 4.69) is 10.3 Å². The van der Waals surface area contributed by atoms with E-state index in [9.17, 15) is 13.6 Å².